The topological polar surface area (TPSA) is 54.5 Å². The van der Waals surface area contributed by atoms with Crippen LogP contribution in [0.2, 0.25) is 0 Å². The molecule has 168 valence electrons. The highest BCUT2D eigenvalue weighted by Crippen LogP contribution is 2.22. The minimum absolute atomic E-state index is 0.111. The minimum atomic E-state index is -3.83. The normalized spacial score (nSPS) is 12.4. The molecule has 1 aromatic rings. The number of benzene rings is 1. The van der Waals surface area contributed by atoms with Gasteiger partial charge in [-0.15, -0.1) is 0 Å². The molecule has 0 aromatic heterocycles. The number of ketones is 1. The number of allylic oxidation sites excluding steroid dienone is 3. The second kappa shape index (κ2) is 15.0. The van der Waals surface area contributed by atoms with Crippen LogP contribution in [-0.2, 0) is 14.6 Å². The van der Waals surface area contributed by atoms with Gasteiger partial charge in [0.1, 0.15) is 4.91 Å². The van der Waals surface area contributed by atoms with Crippen molar-refractivity contribution in [3.63, 3.8) is 0 Å². The molecule has 0 unspecified atom stereocenters. The number of hydrogen-bond donors (Lipinski definition) is 0. The van der Waals surface area contributed by atoms with Crippen LogP contribution in [-0.4, -0.2) is 32.2 Å². The zero-order valence-corrected chi connectivity index (χ0v) is 19.8. The molecule has 30 heavy (non-hydrogen) atoms. The Labute approximate surface area is 184 Å². The van der Waals surface area contributed by atoms with Crippen molar-refractivity contribution in [2.45, 2.75) is 83.5 Å². The Kier molecular flexibility index (Phi) is 13.1. The highest BCUT2D eigenvalue weighted by Gasteiger charge is 2.25. The van der Waals surface area contributed by atoms with E-state index in [1.807, 2.05) is 24.9 Å². The predicted octanol–water partition coefficient (Wildman–Crippen LogP) is 6.30. The molecule has 0 bridgehead atoms. The summed E-state index contributed by atoms with van der Waals surface area (Å²) in [5.74, 6) is -0.297. The van der Waals surface area contributed by atoms with Gasteiger partial charge in [-0.25, -0.2) is 8.42 Å². The Bertz CT molecular complexity index is 763. The van der Waals surface area contributed by atoms with Crippen LogP contribution in [0.25, 0.3) is 0 Å². The average molecular weight is 434 g/mol. The molecule has 0 N–H and O–H groups in total. The first-order valence-electron chi connectivity index (χ1n) is 11.4. The molecule has 0 radical (unpaired) electrons. The van der Waals surface area contributed by atoms with Crippen molar-refractivity contribution in [1.82, 2.24) is 4.90 Å². The highest BCUT2D eigenvalue weighted by molar-refractivity contribution is 7.96. The molecule has 4 nitrogen and oxygen atoms in total. The number of carbonyl (C=O) groups excluding carboxylic acids is 1. The van der Waals surface area contributed by atoms with Gasteiger partial charge in [0.25, 0.3) is 0 Å². The van der Waals surface area contributed by atoms with E-state index in [1.165, 1.54) is 38.2 Å². The summed E-state index contributed by atoms with van der Waals surface area (Å²) in [5, 5.41) is 0. The van der Waals surface area contributed by atoms with Crippen molar-refractivity contribution in [3.8, 4) is 0 Å². The van der Waals surface area contributed by atoms with E-state index in [0.717, 1.165) is 32.4 Å². The molecule has 0 amide bonds. The maximum atomic E-state index is 13.1. The number of hydrogen-bond acceptors (Lipinski definition) is 4. The Morgan fingerprint density at radius 2 is 1.43 bits per heavy atom. The van der Waals surface area contributed by atoms with Crippen LogP contribution in [0, 0.1) is 0 Å². The van der Waals surface area contributed by atoms with Gasteiger partial charge in [-0.1, -0.05) is 70.1 Å². The molecule has 1 aromatic carbocycles. The lowest BCUT2D eigenvalue weighted by molar-refractivity contribution is -0.115. The summed E-state index contributed by atoms with van der Waals surface area (Å²) in [6.45, 7) is 7.93. The van der Waals surface area contributed by atoms with Gasteiger partial charge in [0.05, 0.1) is 4.90 Å². The molecule has 0 heterocycles. The van der Waals surface area contributed by atoms with Crippen LogP contribution >= 0.6 is 0 Å². The van der Waals surface area contributed by atoms with E-state index >= 15 is 0 Å². The van der Waals surface area contributed by atoms with Gasteiger partial charge in [-0.05, 0) is 50.8 Å². The van der Waals surface area contributed by atoms with E-state index in [2.05, 4.69) is 6.92 Å². The van der Waals surface area contributed by atoms with Crippen LogP contribution in [0.5, 0.6) is 0 Å². The third kappa shape index (κ3) is 9.29. The quantitative estimate of drug-likeness (QED) is 0.174. The molecule has 5 heteroatoms. The van der Waals surface area contributed by atoms with E-state index in [4.69, 9.17) is 0 Å². The number of nitrogens with zero attached hydrogens (tertiary/aromatic N) is 1. The van der Waals surface area contributed by atoms with Crippen molar-refractivity contribution < 1.29 is 13.2 Å². The molecule has 1 rings (SSSR count). The zero-order valence-electron chi connectivity index (χ0n) is 19.0. The van der Waals surface area contributed by atoms with Crippen LogP contribution in [0.1, 0.15) is 78.6 Å². The van der Waals surface area contributed by atoms with Gasteiger partial charge in [-0.3, -0.25) is 4.79 Å². The van der Waals surface area contributed by atoms with Crippen molar-refractivity contribution in [2.75, 3.05) is 13.1 Å². The Morgan fingerprint density at radius 1 is 0.867 bits per heavy atom. The summed E-state index contributed by atoms with van der Waals surface area (Å²) < 4.78 is 26.2. The summed E-state index contributed by atoms with van der Waals surface area (Å²) in [7, 11) is -3.83. The van der Waals surface area contributed by atoms with E-state index in [0.29, 0.717) is 0 Å². The molecule has 0 saturated heterocycles. The molecule has 0 spiro atoms. The van der Waals surface area contributed by atoms with Gasteiger partial charge in [-0.2, -0.15) is 0 Å². The third-order valence-corrected chi connectivity index (χ3v) is 7.07. The number of rotatable bonds is 16. The number of carbonyl (C=O) groups is 1. The molecule has 0 aliphatic carbocycles. The monoisotopic (exact) mass is 433 g/mol. The van der Waals surface area contributed by atoms with Crippen molar-refractivity contribution in [2.24, 2.45) is 0 Å². The SMILES string of the molecule is CCCCCCCCCCC(=O)/C(=C/C=C/N(CC)CC)S(=O)(=O)c1ccccc1. The van der Waals surface area contributed by atoms with Crippen LogP contribution in [0.15, 0.2) is 58.5 Å². The summed E-state index contributed by atoms with van der Waals surface area (Å²) in [6.07, 6.45) is 14.3. The van der Waals surface area contributed by atoms with Gasteiger partial charge in [0.15, 0.2) is 5.78 Å². The van der Waals surface area contributed by atoms with E-state index in [-0.39, 0.29) is 22.0 Å². The predicted molar refractivity (Wildman–Crippen MR) is 126 cm³/mol. The first-order chi connectivity index (χ1) is 14.5. The van der Waals surface area contributed by atoms with E-state index < -0.39 is 9.84 Å². The van der Waals surface area contributed by atoms with Gasteiger partial charge < -0.3 is 4.90 Å². The second-order valence-electron chi connectivity index (χ2n) is 7.56. The first kappa shape index (κ1) is 26.2. The smallest absolute Gasteiger partial charge is 0.210 e. The summed E-state index contributed by atoms with van der Waals surface area (Å²) in [4.78, 5) is 15.0. The summed E-state index contributed by atoms with van der Waals surface area (Å²) >= 11 is 0. The van der Waals surface area contributed by atoms with Crippen LogP contribution in [0.4, 0.5) is 0 Å². The third-order valence-electron chi connectivity index (χ3n) is 5.23. The van der Waals surface area contributed by atoms with Crippen molar-refractivity contribution in [3.05, 3.63) is 53.6 Å². The minimum Gasteiger partial charge on any atom is -0.378 e. The fourth-order valence-corrected chi connectivity index (χ4v) is 4.72. The fraction of sp³-hybridized carbons (Fsp3) is 0.560. The lowest BCUT2D eigenvalue weighted by atomic mass is 10.1. The molecule has 0 aliphatic rings. The second-order valence-corrected chi connectivity index (χ2v) is 9.48. The van der Waals surface area contributed by atoms with Gasteiger partial charge >= 0.3 is 0 Å². The lowest BCUT2D eigenvalue weighted by Gasteiger charge is -2.14. The largest absolute Gasteiger partial charge is 0.378 e. The van der Waals surface area contributed by atoms with E-state index in [9.17, 15) is 13.2 Å². The number of unbranched alkanes of at least 4 members (excludes halogenated alkanes) is 7. The summed E-state index contributed by atoms with van der Waals surface area (Å²) in [6, 6.07) is 8.21. The van der Waals surface area contributed by atoms with Gasteiger partial charge in [0, 0.05) is 19.5 Å². The molecular weight excluding hydrogens is 394 g/mol. The Hall–Kier alpha value is -1.88. The van der Waals surface area contributed by atoms with Crippen molar-refractivity contribution >= 4 is 15.6 Å². The Morgan fingerprint density at radius 3 is 2.00 bits per heavy atom. The molecule has 0 saturated carbocycles. The Balaban J connectivity index is 2.82. The van der Waals surface area contributed by atoms with Gasteiger partial charge in [0.2, 0.25) is 9.84 Å². The van der Waals surface area contributed by atoms with Crippen LogP contribution < -0.4 is 0 Å². The highest BCUT2D eigenvalue weighted by atomic mass is 32.2. The van der Waals surface area contributed by atoms with Crippen molar-refractivity contribution in [1.29, 1.82) is 0 Å². The first-order valence-corrected chi connectivity index (χ1v) is 12.9. The molecular formula is C25H39NO3S. The van der Waals surface area contributed by atoms with E-state index in [1.54, 1.807) is 36.4 Å². The molecule has 0 fully saturated rings. The molecule has 0 atom stereocenters. The fourth-order valence-electron chi connectivity index (χ4n) is 3.29. The maximum Gasteiger partial charge on any atom is 0.210 e. The standard InChI is InChI=1S/C25H39NO3S/c1-4-7-8-9-10-11-12-16-20-24(27)25(21-17-22-26(5-2)6-3)30(28,29)23-18-14-13-15-19-23/h13-15,17-19,21-22H,4-12,16,20H2,1-3H3/b22-17+,25-21-. The molecule has 0 aliphatic heterocycles. The lowest BCUT2D eigenvalue weighted by Crippen LogP contribution is -2.16. The maximum absolute atomic E-state index is 13.1. The van der Waals surface area contributed by atoms with Crippen LogP contribution in [0.3, 0.4) is 0 Å². The summed E-state index contributed by atoms with van der Waals surface area (Å²) in [5.41, 5.74) is 0. The average Bonchev–Trinajstić information content (AvgIpc) is 2.76. The zero-order chi connectivity index (χ0) is 22.2. The number of sulfone groups is 1. The number of Topliss-reactive ketones (excluding diaryl/α,β-unsaturated/α-hetero) is 1.